The molecule has 0 spiro atoms. The average molecular weight is 299 g/mol. The molecule has 2 saturated carbocycles. The number of rotatable bonds is 3. The van der Waals surface area contributed by atoms with Crippen LogP contribution in [0.25, 0.3) is 0 Å². The van der Waals surface area contributed by atoms with E-state index in [4.69, 9.17) is 4.74 Å². The van der Waals surface area contributed by atoms with Gasteiger partial charge in [0.15, 0.2) is 0 Å². The Morgan fingerprint density at radius 2 is 2.14 bits per heavy atom. The van der Waals surface area contributed by atoms with E-state index in [9.17, 15) is 4.79 Å². The van der Waals surface area contributed by atoms with Gasteiger partial charge in [0, 0.05) is 12.5 Å². The lowest BCUT2D eigenvalue weighted by Crippen LogP contribution is -2.37. The van der Waals surface area contributed by atoms with Crippen LogP contribution >= 0.6 is 0 Å². The van der Waals surface area contributed by atoms with Gasteiger partial charge < -0.3 is 9.64 Å². The number of likely N-dealkylation sites (tertiary alicyclic amines) is 1. The third-order valence-electron chi connectivity index (χ3n) is 6.07. The Morgan fingerprint density at radius 3 is 2.86 bits per heavy atom. The summed E-state index contributed by atoms with van der Waals surface area (Å²) in [5.41, 5.74) is 1.23. The maximum absolute atomic E-state index is 13.1. The topological polar surface area (TPSA) is 29.5 Å². The minimum atomic E-state index is 0.252. The Morgan fingerprint density at radius 1 is 1.23 bits per heavy atom. The van der Waals surface area contributed by atoms with Gasteiger partial charge in [-0.05, 0) is 61.6 Å². The SMILES string of the molecule is COc1cccc(C2CCCN2C(=O)C2CC3CCC2C3)c1. The molecule has 3 fully saturated rings. The number of benzene rings is 1. The summed E-state index contributed by atoms with van der Waals surface area (Å²) >= 11 is 0. The van der Waals surface area contributed by atoms with Crippen LogP contribution in [0.4, 0.5) is 0 Å². The summed E-state index contributed by atoms with van der Waals surface area (Å²) in [6.07, 6.45) is 7.28. The Balaban J connectivity index is 1.54. The van der Waals surface area contributed by atoms with Crippen LogP contribution in [-0.4, -0.2) is 24.5 Å². The predicted octanol–water partition coefficient (Wildman–Crippen LogP) is 3.79. The molecule has 1 aliphatic heterocycles. The monoisotopic (exact) mass is 299 g/mol. The minimum absolute atomic E-state index is 0.252. The molecule has 1 aromatic rings. The normalized spacial score (nSPS) is 33.4. The second kappa shape index (κ2) is 5.60. The number of carbonyl (C=O) groups is 1. The van der Waals surface area contributed by atoms with E-state index in [1.807, 2.05) is 12.1 Å². The van der Waals surface area contributed by atoms with Gasteiger partial charge in [-0.15, -0.1) is 0 Å². The zero-order valence-corrected chi connectivity index (χ0v) is 13.3. The summed E-state index contributed by atoms with van der Waals surface area (Å²) < 4.78 is 5.35. The molecular weight excluding hydrogens is 274 g/mol. The number of amides is 1. The predicted molar refractivity (Wildman–Crippen MR) is 85.6 cm³/mol. The molecular formula is C19H25NO2. The Labute approximate surface area is 132 Å². The van der Waals surface area contributed by atoms with Crippen molar-refractivity contribution in [3.63, 3.8) is 0 Å². The maximum Gasteiger partial charge on any atom is 0.226 e. The largest absolute Gasteiger partial charge is 0.497 e. The van der Waals surface area contributed by atoms with Crippen molar-refractivity contribution in [3.05, 3.63) is 29.8 Å². The molecule has 0 N–H and O–H groups in total. The van der Waals surface area contributed by atoms with Crippen LogP contribution in [0.15, 0.2) is 24.3 Å². The van der Waals surface area contributed by atoms with E-state index in [0.717, 1.165) is 37.5 Å². The van der Waals surface area contributed by atoms with Gasteiger partial charge in [0.05, 0.1) is 13.2 Å². The number of hydrogen-bond donors (Lipinski definition) is 0. The highest BCUT2D eigenvalue weighted by molar-refractivity contribution is 5.80. The third kappa shape index (κ3) is 2.31. The van der Waals surface area contributed by atoms with E-state index >= 15 is 0 Å². The van der Waals surface area contributed by atoms with Crippen molar-refractivity contribution in [2.24, 2.45) is 17.8 Å². The zero-order valence-electron chi connectivity index (χ0n) is 13.3. The fourth-order valence-electron chi connectivity index (χ4n) is 4.99. The van der Waals surface area contributed by atoms with Crippen LogP contribution in [0.3, 0.4) is 0 Å². The van der Waals surface area contributed by atoms with E-state index in [1.54, 1.807) is 7.11 Å². The molecule has 3 aliphatic rings. The summed E-state index contributed by atoms with van der Waals surface area (Å²) in [4.78, 5) is 15.2. The highest BCUT2D eigenvalue weighted by atomic mass is 16.5. The van der Waals surface area contributed by atoms with Crippen molar-refractivity contribution in [1.82, 2.24) is 4.90 Å². The summed E-state index contributed by atoms with van der Waals surface area (Å²) in [5, 5.41) is 0. The van der Waals surface area contributed by atoms with Crippen molar-refractivity contribution < 1.29 is 9.53 Å². The van der Waals surface area contributed by atoms with Crippen LogP contribution in [0.1, 0.15) is 50.1 Å². The molecule has 1 saturated heterocycles. The van der Waals surface area contributed by atoms with Crippen molar-refractivity contribution >= 4 is 5.91 Å². The molecule has 0 aromatic heterocycles. The van der Waals surface area contributed by atoms with Gasteiger partial charge in [-0.2, -0.15) is 0 Å². The van der Waals surface area contributed by atoms with E-state index in [0.29, 0.717) is 17.7 Å². The molecule has 2 aliphatic carbocycles. The molecule has 3 heteroatoms. The van der Waals surface area contributed by atoms with Gasteiger partial charge in [0.2, 0.25) is 5.91 Å². The lowest BCUT2D eigenvalue weighted by atomic mass is 9.87. The first kappa shape index (κ1) is 14.1. The van der Waals surface area contributed by atoms with Crippen LogP contribution in [-0.2, 0) is 4.79 Å². The summed E-state index contributed by atoms with van der Waals surface area (Å²) in [6, 6.07) is 8.49. The fraction of sp³-hybridized carbons (Fsp3) is 0.632. The molecule has 4 rings (SSSR count). The van der Waals surface area contributed by atoms with Crippen molar-refractivity contribution in [2.75, 3.05) is 13.7 Å². The molecule has 4 unspecified atom stereocenters. The Hall–Kier alpha value is -1.51. The number of methoxy groups -OCH3 is 1. The van der Waals surface area contributed by atoms with Crippen LogP contribution in [0, 0.1) is 17.8 Å². The maximum atomic E-state index is 13.1. The molecule has 4 atom stereocenters. The van der Waals surface area contributed by atoms with Crippen LogP contribution in [0.2, 0.25) is 0 Å². The van der Waals surface area contributed by atoms with Crippen LogP contribution < -0.4 is 4.74 Å². The van der Waals surface area contributed by atoms with Crippen molar-refractivity contribution in [1.29, 1.82) is 0 Å². The smallest absolute Gasteiger partial charge is 0.226 e. The molecule has 2 bridgehead atoms. The van der Waals surface area contributed by atoms with E-state index in [2.05, 4.69) is 17.0 Å². The molecule has 1 amide bonds. The first-order chi connectivity index (χ1) is 10.8. The molecule has 1 aromatic carbocycles. The first-order valence-electron chi connectivity index (χ1n) is 8.70. The van der Waals surface area contributed by atoms with Crippen molar-refractivity contribution in [3.8, 4) is 5.75 Å². The van der Waals surface area contributed by atoms with Gasteiger partial charge in [-0.3, -0.25) is 4.79 Å². The summed E-state index contributed by atoms with van der Waals surface area (Å²) in [6.45, 7) is 0.925. The standard InChI is InChI=1S/C19H25NO2/c1-22-16-5-2-4-15(12-16)18-6-3-9-20(18)19(21)17-11-13-7-8-14(17)10-13/h2,4-5,12-14,17-18H,3,6-11H2,1H3. The number of ether oxygens (including phenoxy) is 1. The number of carbonyl (C=O) groups excluding carboxylic acids is 1. The second-order valence-electron chi connectivity index (χ2n) is 7.25. The number of hydrogen-bond acceptors (Lipinski definition) is 2. The molecule has 22 heavy (non-hydrogen) atoms. The zero-order chi connectivity index (χ0) is 15.1. The Bertz CT molecular complexity index is 570. The molecule has 1 heterocycles. The summed E-state index contributed by atoms with van der Waals surface area (Å²) in [5.74, 6) is 3.13. The van der Waals surface area contributed by atoms with Gasteiger partial charge in [0.1, 0.15) is 5.75 Å². The molecule has 118 valence electrons. The average Bonchev–Trinajstić information content (AvgIpc) is 3.29. The quantitative estimate of drug-likeness (QED) is 0.849. The lowest BCUT2D eigenvalue weighted by Gasteiger charge is -2.31. The van der Waals surface area contributed by atoms with Gasteiger partial charge >= 0.3 is 0 Å². The fourth-order valence-corrected chi connectivity index (χ4v) is 4.99. The van der Waals surface area contributed by atoms with E-state index in [1.165, 1.54) is 24.8 Å². The van der Waals surface area contributed by atoms with Crippen LogP contribution in [0.5, 0.6) is 5.75 Å². The van der Waals surface area contributed by atoms with Gasteiger partial charge in [-0.25, -0.2) is 0 Å². The van der Waals surface area contributed by atoms with Gasteiger partial charge in [-0.1, -0.05) is 18.6 Å². The number of fused-ring (bicyclic) bond motifs is 2. The van der Waals surface area contributed by atoms with Gasteiger partial charge in [0.25, 0.3) is 0 Å². The van der Waals surface area contributed by atoms with Crippen molar-refractivity contribution in [2.45, 2.75) is 44.6 Å². The molecule has 0 radical (unpaired) electrons. The Kier molecular flexibility index (Phi) is 3.59. The highest BCUT2D eigenvalue weighted by Crippen LogP contribution is 2.50. The molecule has 3 nitrogen and oxygen atoms in total. The first-order valence-corrected chi connectivity index (χ1v) is 8.70. The van der Waals surface area contributed by atoms with E-state index < -0.39 is 0 Å². The van der Waals surface area contributed by atoms with E-state index in [-0.39, 0.29) is 6.04 Å². The highest BCUT2D eigenvalue weighted by Gasteiger charge is 2.46. The number of nitrogens with zero attached hydrogens (tertiary/aromatic N) is 1. The minimum Gasteiger partial charge on any atom is -0.497 e. The summed E-state index contributed by atoms with van der Waals surface area (Å²) in [7, 11) is 1.70. The third-order valence-corrected chi connectivity index (χ3v) is 6.07. The second-order valence-corrected chi connectivity index (χ2v) is 7.25. The lowest BCUT2D eigenvalue weighted by molar-refractivity contribution is -0.138.